The van der Waals surface area contributed by atoms with Crippen LogP contribution in [0.5, 0.6) is 0 Å². The third kappa shape index (κ3) is 2.99. The first-order valence-electron chi connectivity index (χ1n) is 5.02. The Bertz CT molecular complexity index is 539. The summed E-state index contributed by atoms with van der Waals surface area (Å²) < 4.78 is 0. The van der Waals surface area contributed by atoms with E-state index >= 15 is 0 Å². The summed E-state index contributed by atoms with van der Waals surface area (Å²) in [5, 5.41) is 5.19. The molecule has 0 bridgehead atoms. The van der Waals surface area contributed by atoms with Gasteiger partial charge < -0.3 is 11.1 Å². The Hall–Kier alpha value is -1.52. The van der Waals surface area contributed by atoms with Gasteiger partial charge in [0.1, 0.15) is 0 Å². The second-order valence-corrected chi connectivity index (χ2v) is 4.84. The number of nitrogen functional groups attached to an aromatic ring is 1. The fraction of sp³-hybridized carbons (Fsp3) is 0.0833. The molecule has 5 heteroatoms. The number of amides is 1. The van der Waals surface area contributed by atoms with Crippen molar-refractivity contribution in [2.75, 3.05) is 5.73 Å². The molecule has 0 saturated heterocycles. The lowest BCUT2D eigenvalue weighted by atomic mass is 10.2. The molecule has 0 aliphatic heterocycles. The molecule has 0 aliphatic carbocycles. The fourth-order valence-corrected chi connectivity index (χ4v) is 2.29. The lowest BCUT2D eigenvalue weighted by Crippen LogP contribution is -2.21. The van der Waals surface area contributed by atoms with Gasteiger partial charge in [-0.2, -0.15) is 0 Å². The zero-order chi connectivity index (χ0) is 12.3. The quantitative estimate of drug-likeness (QED) is 0.897. The Morgan fingerprint density at radius 1 is 1.41 bits per heavy atom. The third-order valence-corrected chi connectivity index (χ3v) is 3.56. The van der Waals surface area contributed by atoms with Gasteiger partial charge in [0.25, 0.3) is 5.91 Å². The van der Waals surface area contributed by atoms with Crippen molar-refractivity contribution in [3.63, 3.8) is 0 Å². The van der Waals surface area contributed by atoms with E-state index in [1.165, 1.54) is 11.3 Å². The molecule has 1 heterocycles. The standard InChI is InChI=1S/C12H11ClN2OS/c13-10-4-2-1-3-8(10)6-15-12(16)11-5-9(14)7-17-11/h1-5,7H,6,14H2,(H,15,16). The Kier molecular flexibility index (Phi) is 3.66. The first-order chi connectivity index (χ1) is 8.16. The van der Waals surface area contributed by atoms with Crippen molar-refractivity contribution in [1.29, 1.82) is 0 Å². The van der Waals surface area contributed by atoms with E-state index in [9.17, 15) is 4.79 Å². The highest BCUT2D eigenvalue weighted by Gasteiger charge is 2.08. The van der Waals surface area contributed by atoms with Gasteiger partial charge in [-0.25, -0.2) is 0 Å². The molecule has 17 heavy (non-hydrogen) atoms. The molecule has 1 aromatic heterocycles. The minimum Gasteiger partial charge on any atom is -0.398 e. The lowest BCUT2D eigenvalue weighted by Gasteiger charge is -2.05. The number of nitrogens with one attached hydrogen (secondary N) is 1. The highest BCUT2D eigenvalue weighted by molar-refractivity contribution is 7.12. The van der Waals surface area contributed by atoms with Crippen LogP contribution in [0.2, 0.25) is 5.02 Å². The van der Waals surface area contributed by atoms with Crippen LogP contribution in [0.3, 0.4) is 0 Å². The number of carbonyl (C=O) groups excluding carboxylic acids is 1. The van der Waals surface area contributed by atoms with E-state index in [0.717, 1.165) is 5.56 Å². The summed E-state index contributed by atoms with van der Waals surface area (Å²) in [6, 6.07) is 9.08. The smallest absolute Gasteiger partial charge is 0.261 e. The van der Waals surface area contributed by atoms with Crippen molar-refractivity contribution in [2.45, 2.75) is 6.54 Å². The predicted molar refractivity (Wildman–Crippen MR) is 71.4 cm³/mol. The molecular weight excluding hydrogens is 256 g/mol. The second kappa shape index (κ2) is 5.21. The molecule has 3 N–H and O–H groups in total. The average Bonchev–Trinajstić information content (AvgIpc) is 2.74. The van der Waals surface area contributed by atoms with Gasteiger partial charge in [-0.1, -0.05) is 29.8 Å². The fourth-order valence-electron chi connectivity index (χ4n) is 1.37. The molecule has 0 saturated carbocycles. The molecule has 0 radical (unpaired) electrons. The largest absolute Gasteiger partial charge is 0.398 e. The molecule has 0 spiro atoms. The van der Waals surface area contributed by atoms with Gasteiger partial charge in [-0.3, -0.25) is 4.79 Å². The Labute approximate surface area is 108 Å². The van der Waals surface area contributed by atoms with Crippen LogP contribution in [0, 0.1) is 0 Å². The van der Waals surface area contributed by atoms with Crippen LogP contribution in [-0.2, 0) is 6.54 Å². The van der Waals surface area contributed by atoms with Crippen LogP contribution in [0.4, 0.5) is 5.69 Å². The van der Waals surface area contributed by atoms with Gasteiger partial charge in [0.15, 0.2) is 0 Å². The number of nitrogens with two attached hydrogens (primary N) is 1. The number of halogens is 1. The molecule has 1 amide bonds. The molecule has 2 rings (SSSR count). The van der Waals surface area contributed by atoms with E-state index < -0.39 is 0 Å². The lowest BCUT2D eigenvalue weighted by molar-refractivity contribution is 0.0955. The van der Waals surface area contributed by atoms with Crippen LogP contribution in [0.1, 0.15) is 15.2 Å². The van der Waals surface area contributed by atoms with Crippen molar-refractivity contribution >= 4 is 34.5 Å². The number of rotatable bonds is 3. The first kappa shape index (κ1) is 12.0. The van der Waals surface area contributed by atoms with Crippen LogP contribution < -0.4 is 11.1 Å². The van der Waals surface area contributed by atoms with E-state index in [-0.39, 0.29) is 5.91 Å². The van der Waals surface area contributed by atoms with E-state index in [0.29, 0.717) is 22.1 Å². The highest BCUT2D eigenvalue weighted by Crippen LogP contribution is 2.17. The van der Waals surface area contributed by atoms with Crippen molar-refractivity contribution in [3.05, 3.63) is 51.2 Å². The predicted octanol–water partition coefficient (Wildman–Crippen LogP) is 2.91. The minimum absolute atomic E-state index is 0.133. The van der Waals surface area contributed by atoms with Gasteiger partial charge in [0.05, 0.1) is 4.88 Å². The first-order valence-corrected chi connectivity index (χ1v) is 6.28. The maximum atomic E-state index is 11.7. The van der Waals surface area contributed by atoms with Crippen LogP contribution in [0.15, 0.2) is 35.7 Å². The van der Waals surface area contributed by atoms with Crippen molar-refractivity contribution < 1.29 is 4.79 Å². The highest BCUT2D eigenvalue weighted by atomic mass is 35.5. The minimum atomic E-state index is -0.133. The summed E-state index contributed by atoms with van der Waals surface area (Å²) in [4.78, 5) is 12.3. The Balaban J connectivity index is 1.99. The van der Waals surface area contributed by atoms with Crippen LogP contribution in [0.25, 0.3) is 0 Å². The van der Waals surface area contributed by atoms with E-state index in [4.69, 9.17) is 17.3 Å². The molecule has 2 aromatic rings. The number of benzene rings is 1. The van der Waals surface area contributed by atoms with Crippen molar-refractivity contribution in [3.8, 4) is 0 Å². The van der Waals surface area contributed by atoms with E-state index in [1.807, 2.05) is 18.2 Å². The summed E-state index contributed by atoms with van der Waals surface area (Å²) in [5.41, 5.74) is 7.06. The third-order valence-electron chi connectivity index (χ3n) is 2.24. The normalized spacial score (nSPS) is 10.2. The summed E-state index contributed by atoms with van der Waals surface area (Å²) in [6.45, 7) is 0.413. The molecule has 88 valence electrons. The van der Waals surface area contributed by atoms with Crippen LogP contribution >= 0.6 is 22.9 Å². The molecule has 0 fully saturated rings. The van der Waals surface area contributed by atoms with Gasteiger partial charge in [-0.05, 0) is 17.7 Å². The maximum Gasteiger partial charge on any atom is 0.261 e. The van der Waals surface area contributed by atoms with Crippen molar-refractivity contribution in [1.82, 2.24) is 5.32 Å². The molecule has 0 unspecified atom stereocenters. The molecular formula is C12H11ClN2OS. The van der Waals surface area contributed by atoms with Crippen LogP contribution in [-0.4, -0.2) is 5.91 Å². The van der Waals surface area contributed by atoms with Gasteiger partial charge in [0.2, 0.25) is 0 Å². The average molecular weight is 267 g/mol. The topological polar surface area (TPSA) is 55.1 Å². The SMILES string of the molecule is Nc1csc(C(=O)NCc2ccccc2Cl)c1. The number of thiophene rings is 1. The van der Waals surface area contributed by atoms with Gasteiger partial charge in [-0.15, -0.1) is 11.3 Å². The molecule has 3 nitrogen and oxygen atoms in total. The number of hydrogen-bond acceptors (Lipinski definition) is 3. The van der Waals surface area contributed by atoms with E-state index in [1.54, 1.807) is 17.5 Å². The zero-order valence-corrected chi connectivity index (χ0v) is 10.5. The Morgan fingerprint density at radius 2 is 2.18 bits per heavy atom. The number of anilines is 1. The van der Waals surface area contributed by atoms with Crippen molar-refractivity contribution in [2.24, 2.45) is 0 Å². The second-order valence-electron chi connectivity index (χ2n) is 3.52. The number of hydrogen-bond donors (Lipinski definition) is 2. The van der Waals surface area contributed by atoms with Gasteiger partial charge in [0, 0.05) is 22.6 Å². The molecule has 1 aromatic carbocycles. The maximum absolute atomic E-state index is 11.7. The molecule has 0 atom stereocenters. The number of carbonyl (C=O) groups is 1. The summed E-state index contributed by atoms with van der Waals surface area (Å²) >= 11 is 7.32. The summed E-state index contributed by atoms with van der Waals surface area (Å²) in [5.74, 6) is -0.133. The van der Waals surface area contributed by atoms with E-state index in [2.05, 4.69) is 5.32 Å². The molecule has 0 aliphatic rings. The summed E-state index contributed by atoms with van der Waals surface area (Å²) in [6.07, 6.45) is 0. The zero-order valence-electron chi connectivity index (χ0n) is 8.94. The summed E-state index contributed by atoms with van der Waals surface area (Å²) in [7, 11) is 0. The monoisotopic (exact) mass is 266 g/mol. The Morgan fingerprint density at radius 3 is 2.82 bits per heavy atom. The van der Waals surface area contributed by atoms with Gasteiger partial charge >= 0.3 is 0 Å².